The second-order valence-electron chi connectivity index (χ2n) is 4.10. The standard InChI is InChI=1S/C14H14ClNO/c1-10-2-4-11(5-3-10)8-14(17)12-6-7-16-9-13(12)15/h2-7,9,14,17H,8H2,1H3. The minimum atomic E-state index is -0.590. The highest BCUT2D eigenvalue weighted by atomic mass is 35.5. The molecule has 0 saturated carbocycles. The molecule has 1 aromatic carbocycles. The van der Waals surface area contributed by atoms with E-state index in [1.165, 1.54) is 5.56 Å². The summed E-state index contributed by atoms with van der Waals surface area (Å²) < 4.78 is 0. The molecule has 1 heterocycles. The summed E-state index contributed by atoms with van der Waals surface area (Å²) in [5.74, 6) is 0. The molecule has 0 fully saturated rings. The minimum Gasteiger partial charge on any atom is -0.388 e. The summed E-state index contributed by atoms with van der Waals surface area (Å²) in [6.07, 6.45) is 3.16. The Morgan fingerprint density at radius 2 is 1.94 bits per heavy atom. The Labute approximate surface area is 106 Å². The van der Waals surface area contributed by atoms with Gasteiger partial charge in [0.05, 0.1) is 11.1 Å². The van der Waals surface area contributed by atoms with Gasteiger partial charge in [-0.05, 0) is 18.6 Å². The van der Waals surface area contributed by atoms with Gasteiger partial charge in [0.1, 0.15) is 0 Å². The van der Waals surface area contributed by atoms with Gasteiger partial charge in [0.2, 0.25) is 0 Å². The maximum Gasteiger partial charge on any atom is 0.0845 e. The lowest BCUT2D eigenvalue weighted by atomic mass is 10.0. The number of pyridine rings is 1. The second kappa shape index (κ2) is 5.30. The van der Waals surface area contributed by atoms with E-state index in [1.54, 1.807) is 18.5 Å². The summed E-state index contributed by atoms with van der Waals surface area (Å²) in [6, 6.07) is 9.87. The third kappa shape index (κ3) is 3.05. The summed E-state index contributed by atoms with van der Waals surface area (Å²) in [6.45, 7) is 2.04. The lowest BCUT2D eigenvalue weighted by molar-refractivity contribution is 0.178. The Morgan fingerprint density at radius 1 is 1.24 bits per heavy atom. The SMILES string of the molecule is Cc1ccc(CC(O)c2ccncc2Cl)cc1. The molecule has 0 amide bonds. The number of halogens is 1. The molecule has 2 rings (SSSR count). The molecule has 0 saturated heterocycles. The highest BCUT2D eigenvalue weighted by Gasteiger charge is 2.11. The Balaban J connectivity index is 2.14. The van der Waals surface area contributed by atoms with Gasteiger partial charge in [-0.15, -0.1) is 0 Å². The van der Waals surface area contributed by atoms with E-state index in [0.29, 0.717) is 11.4 Å². The van der Waals surface area contributed by atoms with E-state index in [-0.39, 0.29) is 0 Å². The largest absolute Gasteiger partial charge is 0.388 e. The van der Waals surface area contributed by atoms with Crippen molar-refractivity contribution in [1.29, 1.82) is 0 Å². The first-order valence-electron chi connectivity index (χ1n) is 5.50. The molecule has 17 heavy (non-hydrogen) atoms. The van der Waals surface area contributed by atoms with E-state index in [4.69, 9.17) is 11.6 Å². The topological polar surface area (TPSA) is 33.1 Å². The lowest BCUT2D eigenvalue weighted by Gasteiger charge is -2.12. The van der Waals surface area contributed by atoms with Crippen molar-refractivity contribution >= 4 is 11.6 Å². The molecule has 2 nitrogen and oxygen atoms in total. The van der Waals surface area contributed by atoms with Crippen molar-refractivity contribution < 1.29 is 5.11 Å². The van der Waals surface area contributed by atoms with Crippen molar-refractivity contribution in [3.63, 3.8) is 0 Å². The molecule has 1 N–H and O–H groups in total. The average Bonchev–Trinajstić information content (AvgIpc) is 2.32. The fourth-order valence-electron chi connectivity index (χ4n) is 1.71. The Morgan fingerprint density at radius 3 is 2.59 bits per heavy atom. The van der Waals surface area contributed by atoms with Crippen LogP contribution in [0.3, 0.4) is 0 Å². The molecule has 1 atom stereocenters. The van der Waals surface area contributed by atoms with E-state index in [2.05, 4.69) is 4.98 Å². The number of benzene rings is 1. The predicted molar refractivity (Wildman–Crippen MR) is 69.1 cm³/mol. The van der Waals surface area contributed by atoms with Gasteiger partial charge >= 0.3 is 0 Å². The van der Waals surface area contributed by atoms with Crippen LogP contribution in [0, 0.1) is 6.92 Å². The van der Waals surface area contributed by atoms with E-state index >= 15 is 0 Å². The number of aryl methyl sites for hydroxylation is 1. The third-order valence-electron chi connectivity index (χ3n) is 2.71. The Bertz CT molecular complexity index is 496. The normalized spacial score (nSPS) is 12.4. The first-order valence-corrected chi connectivity index (χ1v) is 5.87. The van der Waals surface area contributed by atoms with Gasteiger partial charge in [-0.25, -0.2) is 0 Å². The van der Waals surface area contributed by atoms with Gasteiger partial charge in [0.25, 0.3) is 0 Å². The summed E-state index contributed by atoms with van der Waals surface area (Å²) in [4.78, 5) is 3.90. The van der Waals surface area contributed by atoms with Crippen molar-refractivity contribution in [2.45, 2.75) is 19.4 Å². The van der Waals surface area contributed by atoms with Crippen LogP contribution in [-0.4, -0.2) is 10.1 Å². The third-order valence-corrected chi connectivity index (χ3v) is 3.03. The number of aliphatic hydroxyl groups is 1. The molecule has 88 valence electrons. The minimum absolute atomic E-state index is 0.507. The van der Waals surface area contributed by atoms with Crippen molar-refractivity contribution in [1.82, 2.24) is 4.98 Å². The second-order valence-corrected chi connectivity index (χ2v) is 4.51. The highest BCUT2D eigenvalue weighted by molar-refractivity contribution is 6.31. The van der Waals surface area contributed by atoms with Crippen LogP contribution in [0.15, 0.2) is 42.7 Å². The van der Waals surface area contributed by atoms with Crippen LogP contribution < -0.4 is 0 Å². The zero-order valence-corrected chi connectivity index (χ0v) is 10.4. The first kappa shape index (κ1) is 12.1. The zero-order chi connectivity index (χ0) is 12.3. The number of rotatable bonds is 3. The quantitative estimate of drug-likeness (QED) is 0.903. The molecule has 0 radical (unpaired) electrons. The Hall–Kier alpha value is -1.38. The van der Waals surface area contributed by atoms with Crippen LogP contribution in [0.5, 0.6) is 0 Å². The highest BCUT2D eigenvalue weighted by Crippen LogP contribution is 2.24. The summed E-state index contributed by atoms with van der Waals surface area (Å²) in [7, 11) is 0. The molecule has 2 aromatic rings. The number of hydrogen-bond acceptors (Lipinski definition) is 2. The van der Waals surface area contributed by atoms with Crippen LogP contribution >= 0.6 is 11.6 Å². The van der Waals surface area contributed by atoms with E-state index < -0.39 is 6.10 Å². The van der Waals surface area contributed by atoms with Gasteiger partial charge in [0.15, 0.2) is 0 Å². The van der Waals surface area contributed by atoms with Crippen molar-refractivity contribution in [2.75, 3.05) is 0 Å². The van der Waals surface area contributed by atoms with Crippen LogP contribution in [-0.2, 0) is 6.42 Å². The van der Waals surface area contributed by atoms with Gasteiger partial charge in [-0.1, -0.05) is 41.4 Å². The molecule has 1 unspecified atom stereocenters. The van der Waals surface area contributed by atoms with E-state index in [1.807, 2.05) is 31.2 Å². The van der Waals surface area contributed by atoms with Crippen molar-refractivity contribution in [3.05, 3.63) is 64.4 Å². The van der Waals surface area contributed by atoms with Gasteiger partial charge in [-0.3, -0.25) is 4.98 Å². The molecular weight excluding hydrogens is 234 g/mol. The smallest absolute Gasteiger partial charge is 0.0845 e. The average molecular weight is 248 g/mol. The summed E-state index contributed by atoms with van der Waals surface area (Å²) in [5.41, 5.74) is 3.03. The molecular formula is C14H14ClNO. The van der Waals surface area contributed by atoms with E-state index in [9.17, 15) is 5.11 Å². The van der Waals surface area contributed by atoms with Gasteiger partial charge in [-0.2, -0.15) is 0 Å². The van der Waals surface area contributed by atoms with Gasteiger partial charge < -0.3 is 5.11 Å². The maximum absolute atomic E-state index is 10.1. The van der Waals surface area contributed by atoms with Crippen LogP contribution in [0.4, 0.5) is 0 Å². The first-order chi connectivity index (χ1) is 8.16. The fraction of sp³-hybridized carbons (Fsp3) is 0.214. The predicted octanol–water partition coefficient (Wildman–Crippen LogP) is 3.32. The molecule has 0 aliphatic rings. The fourth-order valence-corrected chi connectivity index (χ4v) is 1.96. The molecule has 0 bridgehead atoms. The monoisotopic (exact) mass is 247 g/mol. The van der Waals surface area contributed by atoms with Gasteiger partial charge in [0, 0.05) is 24.4 Å². The van der Waals surface area contributed by atoms with E-state index in [0.717, 1.165) is 11.1 Å². The Kier molecular flexibility index (Phi) is 3.77. The number of aromatic nitrogens is 1. The lowest BCUT2D eigenvalue weighted by Crippen LogP contribution is -2.02. The summed E-state index contributed by atoms with van der Waals surface area (Å²) >= 11 is 5.99. The zero-order valence-electron chi connectivity index (χ0n) is 9.60. The number of hydrogen-bond donors (Lipinski definition) is 1. The van der Waals surface area contributed by atoms with Crippen LogP contribution in [0.25, 0.3) is 0 Å². The molecule has 1 aromatic heterocycles. The number of aliphatic hydroxyl groups excluding tert-OH is 1. The maximum atomic E-state index is 10.1. The van der Waals surface area contributed by atoms with Crippen LogP contribution in [0.2, 0.25) is 5.02 Å². The molecule has 0 spiro atoms. The number of nitrogens with zero attached hydrogens (tertiary/aromatic N) is 1. The summed E-state index contributed by atoms with van der Waals surface area (Å²) in [5, 5.41) is 10.6. The van der Waals surface area contributed by atoms with Crippen LogP contribution in [0.1, 0.15) is 22.8 Å². The molecule has 0 aliphatic carbocycles. The molecule has 3 heteroatoms. The molecule has 0 aliphatic heterocycles. The van der Waals surface area contributed by atoms with Crippen molar-refractivity contribution in [3.8, 4) is 0 Å². The van der Waals surface area contributed by atoms with Crippen molar-refractivity contribution in [2.24, 2.45) is 0 Å².